The molecule has 0 aliphatic carbocycles. The number of allylic oxidation sites excluding steroid dienone is 2. The second kappa shape index (κ2) is 41.5. The van der Waals surface area contributed by atoms with E-state index in [1.54, 1.807) is 0 Å². The quantitative estimate of drug-likeness (QED) is 0.0150. The summed E-state index contributed by atoms with van der Waals surface area (Å²) >= 11 is 0. The van der Waals surface area contributed by atoms with Crippen molar-refractivity contribution < 1.29 is 21.3 Å². The van der Waals surface area contributed by atoms with Gasteiger partial charge in [0.05, 0.1) is 5.57 Å². The molecule has 0 aliphatic rings. The Morgan fingerprint density at radius 1 is 0.473 bits per heavy atom. The van der Waals surface area contributed by atoms with E-state index in [0.29, 0.717) is 0 Å². The molecule has 0 amide bonds. The van der Waals surface area contributed by atoms with E-state index in [-0.39, 0.29) is 16.5 Å². The van der Waals surface area contributed by atoms with Crippen molar-refractivity contribution in [3.05, 3.63) is 101 Å². The first-order valence-corrected chi connectivity index (χ1v) is 23.0. The molecule has 0 bridgehead atoms. The van der Waals surface area contributed by atoms with Crippen LogP contribution in [0.1, 0.15) is 231 Å². The SMILES string of the molecule is CCCCCCCCC(=C=[N+]=[N-])C(CCCCCC)=C(c1ccc(CCCC)cc1)c1ccc(CCCCCCCC)cc1.[CH2-]CCCC.[CH2-]CCCC.[Ni+2]. The Morgan fingerprint density at radius 3 is 1.24 bits per heavy atom. The van der Waals surface area contributed by atoms with Gasteiger partial charge in [-0.1, -0.05) is 206 Å². The molecule has 0 saturated carbocycles. The van der Waals surface area contributed by atoms with Crippen molar-refractivity contribution in [1.82, 2.24) is 0 Å². The van der Waals surface area contributed by atoms with Gasteiger partial charge in [0.25, 0.3) is 0 Å². The second-order valence-electron chi connectivity index (χ2n) is 15.3. The van der Waals surface area contributed by atoms with Crippen LogP contribution >= 0.6 is 0 Å². The predicted molar refractivity (Wildman–Crippen MR) is 243 cm³/mol. The van der Waals surface area contributed by atoms with Crippen LogP contribution in [-0.4, -0.2) is 10.7 Å². The molecule has 0 radical (unpaired) electrons. The molecular formula is C52H86N2Ni. The number of hydrogen-bond donors (Lipinski definition) is 0. The molecule has 314 valence electrons. The molecule has 2 aromatic carbocycles. The molecular weight excluding hydrogens is 711 g/mol. The Bertz CT molecular complexity index is 1220. The minimum atomic E-state index is 0. The van der Waals surface area contributed by atoms with Gasteiger partial charge in [-0.25, -0.2) is 0 Å². The van der Waals surface area contributed by atoms with Crippen LogP contribution in [0.5, 0.6) is 0 Å². The van der Waals surface area contributed by atoms with Crippen LogP contribution in [0, 0.1) is 13.8 Å². The van der Waals surface area contributed by atoms with Gasteiger partial charge in [-0.05, 0) is 84.8 Å². The fourth-order valence-corrected chi connectivity index (χ4v) is 6.75. The molecule has 0 unspecified atom stereocenters. The minimum absolute atomic E-state index is 0. The van der Waals surface area contributed by atoms with Crippen LogP contribution in [0.3, 0.4) is 0 Å². The van der Waals surface area contributed by atoms with Gasteiger partial charge in [0.15, 0.2) is 0 Å². The summed E-state index contributed by atoms with van der Waals surface area (Å²) < 4.78 is 0. The average Bonchev–Trinajstić information content (AvgIpc) is 3.19. The van der Waals surface area contributed by atoms with Crippen molar-refractivity contribution in [3.8, 4) is 0 Å². The second-order valence-corrected chi connectivity index (χ2v) is 15.3. The first-order valence-electron chi connectivity index (χ1n) is 23.0. The van der Waals surface area contributed by atoms with Gasteiger partial charge in [0, 0.05) is 0 Å². The smallest absolute Gasteiger partial charge is 0.348 e. The fraction of sp³-hybridized carbons (Fsp3) is 0.654. The Labute approximate surface area is 353 Å². The number of aryl methyl sites for hydroxylation is 2. The van der Waals surface area contributed by atoms with E-state index in [1.807, 2.05) is 0 Å². The van der Waals surface area contributed by atoms with Crippen LogP contribution in [0.2, 0.25) is 0 Å². The summed E-state index contributed by atoms with van der Waals surface area (Å²) in [5.74, 6) is 3.08. The first-order chi connectivity index (χ1) is 26.5. The molecule has 0 saturated heterocycles. The average molecular weight is 798 g/mol. The van der Waals surface area contributed by atoms with Crippen LogP contribution in [0.25, 0.3) is 11.1 Å². The molecule has 0 aliphatic heterocycles. The van der Waals surface area contributed by atoms with Crippen LogP contribution in [0.4, 0.5) is 0 Å². The zero-order chi connectivity index (χ0) is 39.9. The van der Waals surface area contributed by atoms with Crippen LogP contribution in [0.15, 0.2) is 59.7 Å². The summed E-state index contributed by atoms with van der Waals surface area (Å²) in [6, 6.07) is 18.7. The zero-order valence-electron chi connectivity index (χ0n) is 37.0. The largest absolute Gasteiger partial charge is 2.00 e. The van der Waals surface area contributed by atoms with Gasteiger partial charge in [-0.3, -0.25) is 0 Å². The summed E-state index contributed by atoms with van der Waals surface area (Å²) in [7, 11) is 0. The Hall–Kier alpha value is -2.17. The van der Waals surface area contributed by atoms with E-state index in [0.717, 1.165) is 56.9 Å². The summed E-state index contributed by atoms with van der Waals surface area (Å²) in [6.45, 7) is 20.8. The fourth-order valence-electron chi connectivity index (χ4n) is 6.75. The molecule has 0 spiro atoms. The van der Waals surface area contributed by atoms with Gasteiger partial charge < -0.3 is 19.4 Å². The van der Waals surface area contributed by atoms with E-state index in [2.05, 4.69) is 115 Å². The van der Waals surface area contributed by atoms with Gasteiger partial charge in [0.1, 0.15) is 0 Å². The standard InChI is InChI=1S/C42H64N2.2C5H11.Ni/c1-5-9-13-16-18-20-24-37-29-33-39(34-30-37)42(38-31-27-36(28-32-38)23-12-8-4)41(26-22-15-11-7-3)40(35-44-43)25-21-19-17-14-10-6-2;2*1-3-5-4-2;/h27-34H,5-26H2,1-4H3;2*1,3-5H2,2H3;/q;2*-1;+2. The van der Waals surface area contributed by atoms with Gasteiger partial charge in [-0.2, -0.15) is 12.8 Å². The Morgan fingerprint density at radius 2 is 0.836 bits per heavy atom. The van der Waals surface area contributed by atoms with E-state index < -0.39 is 0 Å². The minimum Gasteiger partial charge on any atom is -0.348 e. The monoisotopic (exact) mass is 797 g/mol. The third-order valence-electron chi connectivity index (χ3n) is 10.2. The predicted octanol–water partition coefficient (Wildman–Crippen LogP) is 17.3. The van der Waals surface area contributed by atoms with Crippen LogP contribution < -0.4 is 0 Å². The van der Waals surface area contributed by atoms with Crippen molar-refractivity contribution in [2.75, 3.05) is 0 Å². The molecule has 2 rings (SSSR count). The zero-order valence-corrected chi connectivity index (χ0v) is 38.0. The topological polar surface area (TPSA) is 36.4 Å². The van der Waals surface area contributed by atoms with Crippen LogP contribution in [-0.2, 0) is 29.3 Å². The molecule has 2 aromatic rings. The summed E-state index contributed by atoms with van der Waals surface area (Å²) in [5.41, 5.74) is 18.8. The molecule has 55 heavy (non-hydrogen) atoms. The molecule has 2 nitrogen and oxygen atoms in total. The number of rotatable bonds is 29. The van der Waals surface area contributed by atoms with Crippen molar-refractivity contribution >= 4 is 11.4 Å². The maximum atomic E-state index is 9.77. The van der Waals surface area contributed by atoms with Gasteiger partial charge >= 0.3 is 22.4 Å². The third kappa shape index (κ3) is 28.8. The normalized spacial score (nSPS) is 10.8. The Balaban J connectivity index is 0. The van der Waals surface area contributed by atoms with Gasteiger partial charge in [0.2, 0.25) is 0 Å². The van der Waals surface area contributed by atoms with Crippen molar-refractivity contribution in [1.29, 1.82) is 0 Å². The third-order valence-corrected chi connectivity index (χ3v) is 10.2. The number of unbranched alkanes of at least 4 members (excludes halogenated alkanes) is 18. The Kier molecular flexibility index (Phi) is 41.4. The van der Waals surface area contributed by atoms with Crippen molar-refractivity contribution in [2.24, 2.45) is 0 Å². The number of nitrogens with zero attached hydrogens (tertiary/aromatic N) is 2. The maximum absolute atomic E-state index is 9.77. The summed E-state index contributed by atoms with van der Waals surface area (Å²) in [6.07, 6.45) is 34.3. The summed E-state index contributed by atoms with van der Waals surface area (Å²) in [5, 5.41) is 0. The molecule has 0 N–H and O–H groups in total. The first kappa shape index (κ1) is 54.9. The number of benzene rings is 2. The van der Waals surface area contributed by atoms with E-state index in [9.17, 15) is 5.53 Å². The maximum Gasteiger partial charge on any atom is 2.00 e. The number of hydrogen-bond acceptors (Lipinski definition) is 0. The van der Waals surface area contributed by atoms with E-state index in [4.69, 9.17) is 0 Å². The molecule has 0 aromatic heterocycles. The molecule has 0 fully saturated rings. The van der Waals surface area contributed by atoms with Crippen molar-refractivity contribution in [2.45, 2.75) is 221 Å². The van der Waals surface area contributed by atoms with Crippen molar-refractivity contribution in [3.63, 3.8) is 0 Å². The van der Waals surface area contributed by atoms with E-state index in [1.165, 1.54) is 162 Å². The molecule has 0 atom stereocenters. The molecule has 0 heterocycles. The van der Waals surface area contributed by atoms with E-state index >= 15 is 0 Å². The van der Waals surface area contributed by atoms with Gasteiger partial charge in [-0.15, -0.1) is 4.79 Å². The summed E-state index contributed by atoms with van der Waals surface area (Å²) in [4.78, 5) is 3.50. The molecule has 3 heteroatoms.